The van der Waals surface area contributed by atoms with Crippen molar-refractivity contribution in [2.45, 2.75) is 4.90 Å². The van der Waals surface area contributed by atoms with Crippen LogP contribution in [0.25, 0.3) is 0 Å². The number of hydrogen-bond acceptors (Lipinski definition) is 4. The highest BCUT2D eigenvalue weighted by atomic mass is 32.2. The number of sulfonamides is 1. The van der Waals surface area contributed by atoms with E-state index in [4.69, 9.17) is 10.4 Å². The van der Waals surface area contributed by atoms with Crippen molar-refractivity contribution in [1.82, 2.24) is 4.57 Å². The van der Waals surface area contributed by atoms with Gasteiger partial charge in [0.15, 0.2) is 0 Å². The van der Waals surface area contributed by atoms with Gasteiger partial charge in [-0.15, -0.1) is 0 Å². The van der Waals surface area contributed by atoms with Gasteiger partial charge in [0.2, 0.25) is 0 Å². The molecule has 0 amide bonds. The number of aromatic nitrogens is 1. The molecule has 7 nitrogen and oxygen atoms in total. The van der Waals surface area contributed by atoms with Crippen LogP contribution in [0.1, 0.15) is 16.1 Å². The Bertz CT molecular complexity index is 847. The molecule has 1 aromatic heterocycles. The van der Waals surface area contributed by atoms with Crippen LogP contribution in [0.15, 0.2) is 41.4 Å². The minimum Gasteiger partial charge on any atom is -0.477 e. The summed E-state index contributed by atoms with van der Waals surface area (Å²) in [4.78, 5) is 10.8. The number of carbonyl (C=O) groups is 1. The normalized spacial score (nSPS) is 10.9. The SMILES string of the molecule is Cn1cc(S(=O)(=O)Nc2ccccc2C#N)cc1C(=O)O. The van der Waals surface area contributed by atoms with Gasteiger partial charge in [-0.3, -0.25) is 4.72 Å². The summed E-state index contributed by atoms with van der Waals surface area (Å²) in [5.74, 6) is -1.23. The summed E-state index contributed by atoms with van der Waals surface area (Å²) in [5, 5.41) is 17.9. The molecule has 0 aliphatic carbocycles. The first-order chi connectivity index (χ1) is 9.85. The van der Waals surface area contributed by atoms with Crippen molar-refractivity contribution >= 4 is 21.7 Å². The summed E-state index contributed by atoms with van der Waals surface area (Å²) >= 11 is 0. The zero-order valence-electron chi connectivity index (χ0n) is 10.9. The van der Waals surface area contributed by atoms with Crippen LogP contribution in [0, 0.1) is 11.3 Å². The smallest absolute Gasteiger partial charge is 0.352 e. The summed E-state index contributed by atoms with van der Waals surface area (Å²) in [6, 6.07) is 9.07. The number of aromatic carboxylic acids is 1. The predicted molar refractivity (Wildman–Crippen MR) is 74.3 cm³/mol. The van der Waals surface area contributed by atoms with Crippen LogP contribution < -0.4 is 4.72 Å². The molecule has 0 atom stereocenters. The number of para-hydroxylation sites is 1. The molecule has 108 valence electrons. The van der Waals surface area contributed by atoms with Crippen molar-refractivity contribution in [2.75, 3.05) is 4.72 Å². The van der Waals surface area contributed by atoms with Gasteiger partial charge in [0.1, 0.15) is 16.7 Å². The van der Waals surface area contributed by atoms with E-state index in [0.29, 0.717) is 0 Å². The average molecular weight is 305 g/mol. The Balaban J connectivity index is 2.42. The van der Waals surface area contributed by atoms with Gasteiger partial charge in [0, 0.05) is 13.2 Å². The molecule has 0 saturated carbocycles. The maximum absolute atomic E-state index is 12.2. The molecule has 21 heavy (non-hydrogen) atoms. The van der Waals surface area contributed by atoms with E-state index >= 15 is 0 Å². The van der Waals surface area contributed by atoms with Gasteiger partial charge < -0.3 is 9.67 Å². The fourth-order valence-corrected chi connectivity index (χ4v) is 2.92. The Hall–Kier alpha value is -2.79. The largest absolute Gasteiger partial charge is 0.477 e. The van der Waals surface area contributed by atoms with E-state index in [0.717, 1.165) is 6.07 Å². The van der Waals surface area contributed by atoms with Gasteiger partial charge in [-0.05, 0) is 18.2 Å². The van der Waals surface area contributed by atoms with Crippen molar-refractivity contribution in [1.29, 1.82) is 5.26 Å². The highest BCUT2D eigenvalue weighted by Gasteiger charge is 2.21. The van der Waals surface area contributed by atoms with Crippen molar-refractivity contribution in [2.24, 2.45) is 7.05 Å². The van der Waals surface area contributed by atoms with Crippen molar-refractivity contribution in [3.8, 4) is 6.07 Å². The third-order valence-electron chi connectivity index (χ3n) is 2.80. The topological polar surface area (TPSA) is 112 Å². The van der Waals surface area contributed by atoms with Crippen molar-refractivity contribution in [3.05, 3.63) is 47.8 Å². The number of benzene rings is 1. The minimum absolute atomic E-state index is 0.140. The second-order valence-electron chi connectivity index (χ2n) is 4.24. The average Bonchev–Trinajstić information content (AvgIpc) is 2.82. The third kappa shape index (κ3) is 2.88. The summed E-state index contributed by atoms with van der Waals surface area (Å²) in [7, 11) is -2.53. The molecule has 0 unspecified atom stereocenters. The second kappa shape index (κ2) is 5.30. The number of aryl methyl sites for hydroxylation is 1. The lowest BCUT2D eigenvalue weighted by Gasteiger charge is -2.07. The Kier molecular flexibility index (Phi) is 3.69. The van der Waals surface area contributed by atoms with Crippen LogP contribution in [0.5, 0.6) is 0 Å². The van der Waals surface area contributed by atoms with Crippen LogP contribution in [0.4, 0.5) is 5.69 Å². The first kappa shape index (κ1) is 14.6. The summed E-state index contributed by atoms with van der Waals surface area (Å²) in [5.41, 5.74) is 0.167. The summed E-state index contributed by atoms with van der Waals surface area (Å²) in [6.07, 6.45) is 1.20. The van der Waals surface area contributed by atoms with E-state index in [-0.39, 0.29) is 21.8 Å². The molecular weight excluding hydrogens is 294 g/mol. The number of nitriles is 1. The molecule has 0 spiro atoms. The quantitative estimate of drug-likeness (QED) is 0.886. The maximum atomic E-state index is 12.2. The maximum Gasteiger partial charge on any atom is 0.352 e. The highest BCUT2D eigenvalue weighted by Crippen LogP contribution is 2.20. The van der Waals surface area contributed by atoms with E-state index in [2.05, 4.69) is 4.72 Å². The van der Waals surface area contributed by atoms with Crippen LogP contribution >= 0.6 is 0 Å². The molecule has 1 heterocycles. The molecule has 1 aromatic carbocycles. The minimum atomic E-state index is -3.97. The number of rotatable bonds is 4. The van der Waals surface area contributed by atoms with Crippen LogP contribution in [0.2, 0.25) is 0 Å². The van der Waals surface area contributed by atoms with Crippen molar-refractivity contribution < 1.29 is 18.3 Å². The van der Waals surface area contributed by atoms with Gasteiger partial charge in [0.05, 0.1) is 11.3 Å². The summed E-state index contributed by atoms with van der Waals surface area (Å²) < 4.78 is 27.9. The van der Waals surface area contributed by atoms with E-state index in [1.54, 1.807) is 12.1 Å². The molecule has 2 rings (SSSR count). The molecule has 0 aliphatic rings. The molecular formula is C13H11N3O4S. The lowest BCUT2D eigenvalue weighted by molar-refractivity contribution is 0.0686. The van der Waals surface area contributed by atoms with Gasteiger partial charge in [0.25, 0.3) is 10.0 Å². The molecule has 2 N–H and O–H groups in total. The van der Waals surface area contributed by atoms with Crippen LogP contribution in [-0.4, -0.2) is 24.1 Å². The molecule has 0 fully saturated rings. The number of carboxylic acid groups (broad SMARTS) is 1. The number of carboxylic acids is 1. The monoisotopic (exact) mass is 305 g/mol. The highest BCUT2D eigenvalue weighted by molar-refractivity contribution is 7.92. The number of nitrogens with one attached hydrogen (secondary N) is 1. The first-order valence-electron chi connectivity index (χ1n) is 5.77. The van der Waals surface area contributed by atoms with E-state index < -0.39 is 16.0 Å². The van der Waals surface area contributed by atoms with Crippen LogP contribution in [0.3, 0.4) is 0 Å². The van der Waals surface area contributed by atoms with Gasteiger partial charge in [-0.1, -0.05) is 12.1 Å². The standard InChI is InChI=1S/C13H11N3O4S/c1-16-8-10(6-12(16)13(17)18)21(19,20)15-11-5-3-2-4-9(11)7-14/h2-6,8,15H,1H3,(H,17,18). The molecule has 8 heteroatoms. The van der Waals surface area contributed by atoms with E-state index in [9.17, 15) is 13.2 Å². The fraction of sp³-hybridized carbons (Fsp3) is 0.0769. The first-order valence-corrected chi connectivity index (χ1v) is 7.25. The Labute approximate surface area is 121 Å². The van der Waals surface area contributed by atoms with Crippen molar-refractivity contribution in [3.63, 3.8) is 0 Å². The molecule has 0 aliphatic heterocycles. The Morgan fingerprint density at radius 3 is 2.62 bits per heavy atom. The van der Waals surface area contributed by atoms with Gasteiger partial charge in [-0.25, -0.2) is 13.2 Å². The molecule has 0 radical (unpaired) electrons. The number of nitrogens with zero attached hydrogens (tertiary/aromatic N) is 2. The predicted octanol–water partition coefficient (Wildman–Crippen LogP) is 1.40. The van der Waals surface area contributed by atoms with Gasteiger partial charge >= 0.3 is 5.97 Å². The van der Waals surface area contributed by atoms with E-state index in [1.165, 1.54) is 29.9 Å². The van der Waals surface area contributed by atoms with E-state index in [1.807, 2.05) is 6.07 Å². The zero-order valence-corrected chi connectivity index (χ0v) is 11.8. The fourth-order valence-electron chi connectivity index (χ4n) is 1.77. The zero-order chi connectivity index (χ0) is 15.6. The Morgan fingerprint density at radius 1 is 1.38 bits per heavy atom. The third-order valence-corrected chi connectivity index (χ3v) is 4.13. The second-order valence-corrected chi connectivity index (χ2v) is 5.92. The van der Waals surface area contributed by atoms with Gasteiger partial charge in [-0.2, -0.15) is 5.26 Å². The summed E-state index contributed by atoms with van der Waals surface area (Å²) in [6.45, 7) is 0. The lowest BCUT2D eigenvalue weighted by Crippen LogP contribution is -2.13. The number of anilines is 1. The number of hydrogen-bond donors (Lipinski definition) is 2. The Morgan fingerprint density at radius 2 is 2.05 bits per heavy atom. The molecule has 0 saturated heterocycles. The molecule has 2 aromatic rings. The lowest BCUT2D eigenvalue weighted by atomic mass is 10.2. The molecule has 0 bridgehead atoms. The van der Waals surface area contributed by atoms with Crippen LogP contribution in [-0.2, 0) is 17.1 Å².